The van der Waals surface area contributed by atoms with E-state index in [1.165, 1.54) is 0 Å². The number of carbonyl (C=O) groups excluding carboxylic acids is 1. The summed E-state index contributed by atoms with van der Waals surface area (Å²) in [6.07, 6.45) is 9.42. The summed E-state index contributed by atoms with van der Waals surface area (Å²) in [5.41, 5.74) is 2.98. The summed E-state index contributed by atoms with van der Waals surface area (Å²) in [6, 6.07) is 5.88. The molecule has 0 radical (unpaired) electrons. The summed E-state index contributed by atoms with van der Waals surface area (Å²) in [4.78, 5) is 19.4. The van der Waals surface area contributed by atoms with E-state index < -0.39 is 0 Å². The minimum absolute atomic E-state index is 0.0204. The third-order valence-corrected chi connectivity index (χ3v) is 5.15. The van der Waals surface area contributed by atoms with E-state index in [1.807, 2.05) is 40.9 Å². The van der Waals surface area contributed by atoms with Crippen LogP contribution in [0.1, 0.15) is 37.1 Å². The first-order valence-corrected chi connectivity index (χ1v) is 9.27. The van der Waals surface area contributed by atoms with E-state index in [0.717, 1.165) is 54.9 Å². The van der Waals surface area contributed by atoms with Gasteiger partial charge in [0.25, 0.3) is 0 Å². The molecule has 136 valence electrons. The number of allylic oxidation sites excluding steroid dienone is 1. The third-order valence-electron chi connectivity index (χ3n) is 5.15. The highest BCUT2D eigenvalue weighted by Gasteiger charge is 2.30. The molecule has 3 heterocycles. The number of pyridine rings is 1. The van der Waals surface area contributed by atoms with Crippen LogP contribution in [0.4, 0.5) is 0 Å². The fourth-order valence-electron chi connectivity index (χ4n) is 3.62. The van der Waals surface area contributed by atoms with Crippen LogP contribution < -0.4 is 4.74 Å². The predicted octanol–water partition coefficient (Wildman–Crippen LogP) is 2.88. The molecule has 0 spiro atoms. The fraction of sp³-hybridized carbons (Fsp3) is 0.450. The second kappa shape index (κ2) is 7.32. The average Bonchev–Trinajstić information content (AvgIpc) is 3.31. The van der Waals surface area contributed by atoms with Gasteiger partial charge in [-0.25, -0.2) is 0 Å². The number of nitrogens with zero attached hydrogens (tertiary/aromatic N) is 4. The molecule has 0 aromatic carbocycles. The zero-order valence-corrected chi connectivity index (χ0v) is 15.1. The summed E-state index contributed by atoms with van der Waals surface area (Å²) in [5.74, 6) is 0.887. The molecule has 2 aromatic rings. The van der Waals surface area contributed by atoms with Crippen molar-refractivity contribution in [1.82, 2.24) is 19.7 Å². The molecule has 6 heteroatoms. The lowest BCUT2D eigenvalue weighted by molar-refractivity contribution is -0.131. The van der Waals surface area contributed by atoms with Crippen molar-refractivity contribution in [3.63, 3.8) is 0 Å². The maximum Gasteiger partial charge on any atom is 0.250 e. The Kier molecular flexibility index (Phi) is 4.73. The topological polar surface area (TPSA) is 60.2 Å². The first-order chi connectivity index (χ1) is 12.7. The Morgan fingerprint density at radius 2 is 2.27 bits per heavy atom. The van der Waals surface area contributed by atoms with Gasteiger partial charge in [0.15, 0.2) is 0 Å². The SMILES string of the molecule is Cc1ccc(OC[C@@H]2CCn3nccc3CN2C(=O)C2=CCCC2)cn1. The van der Waals surface area contributed by atoms with Crippen LogP contribution in [-0.4, -0.2) is 38.2 Å². The number of fused-ring (bicyclic) bond motifs is 1. The zero-order chi connectivity index (χ0) is 17.9. The van der Waals surface area contributed by atoms with Crippen molar-refractivity contribution >= 4 is 5.91 Å². The van der Waals surface area contributed by atoms with E-state index in [9.17, 15) is 4.79 Å². The highest BCUT2D eigenvalue weighted by Crippen LogP contribution is 2.25. The Morgan fingerprint density at radius 3 is 3.04 bits per heavy atom. The summed E-state index contributed by atoms with van der Waals surface area (Å²) in [6.45, 7) is 3.79. The van der Waals surface area contributed by atoms with Crippen molar-refractivity contribution in [1.29, 1.82) is 0 Å². The van der Waals surface area contributed by atoms with E-state index in [2.05, 4.69) is 16.2 Å². The number of hydrogen-bond acceptors (Lipinski definition) is 4. The lowest BCUT2D eigenvalue weighted by atomic mass is 10.1. The van der Waals surface area contributed by atoms with Crippen molar-refractivity contribution in [2.75, 3.05) is 6.61 Å². The third kappa shape index (κ3) is 3.49. The molecule has 1 aliphatic carbocycles. The van der Waals surface area contributed by atoms with Gasteiger partial charge < -0.3 is 9.64 Å². The lowest BCUT2D eigenvalue weighted by Crippen LogP contribution is -2.43. The van der Waals surface area contributed by atoms with Crippen molar-refractivity contribution in [2.45, 2.75) is 51.7 Å². The Hall–Kier alpha value is -2.63. The van der Waals surface area contributed by atoms with Crippen LogP contribution in [0.2, 0.25) is 0 Å². The molecule has 0 N–H and O–H groups in total. The highest BCUT2D eigenvalue weighted by atomic mass is 16.5. The Balaban J connectivity index is 1.52. The van der Waals surface area contributed by atoms with E-state index in [1.54, 1.807) is 6.20 Å². The van der Waals surface area contributed by atoms with Crippen LogP contribution in [0, 0.1) is 6.92 Å². The molecule has 2 aromatic heterocycles. The molecule has 0 saturated heterocycles. The summed E-state index contributed by atoms with van der Waals surface area (Å²) in [7, 11) is 0. The molecule has 1 atom stereocenters. The second-order valence-electron chi connectivity index (χ2n) is 6.99. The van der Waals surface area contributed by atoms with Crippen LogP contribution in [0.3, 0.4) is 0 Å². The Morgan fingerprint density at radius 1 is 1.35 bits per heavy atom. The van der Waals surface area contributed by atoms with Gasteiger partial charge in [-0.3, -0.25) is 14.5 Å². The van der Waals surface area contributed by atoms with Gasteiger partial charge in [-0.15, -0.1) is 0 Å². The number of aryl methyl sites for hydroxylation is 2. The minimum Gasteiger partial charge on any atom is -0.490 e. The van der Waals surface area contributed by atoms with Gasteiger partial charge in [0.2, 0.25) is 5.91 Å². The van der Waals surface area contributed by atoms with Crippen molar-refractivity contribution in [3.05, 3.63) is 53.6 Å². The summed E-state index contributed by atoms with van der Waals surface area (Å²) in [5, 5.41) is 4.38. The number of rotatable bonds is 4. The maximum atomic E-state index is 13.1. The molecule has 26 heavy (non-hydrogen) atoms. The maximum absolute atomic E-state index is 13.1. The fourth-order valence-corrected chi connectivity index (χ4v) is 3.62. The van der Waals surface area contributed by atoms with Crippen LogP contribution in [0.5, 0.6) is 5.75 Å². The molecule has 0 bridgehead atoms. The number of ether oxygens (including phenoxy) is 1. The van der Waals surface area contributed by atoms with E-state index in [0.29, 0.717) is 13.2 Å². The molecule has 1 aliphatic heterocycles. The van der Waals surface area contributed by atoms with Gasteiger partial charge >= 0.3 is 0 Å². The highest BCUT2D eigenvalue weighted by molar-refractivity contribution is 5.94. The number of hydrogen-bond donors (Lipinski definition) is 0. The van der Waals surface area contributed by atoms with E-state index in [-0.39, 0.29) is 11.9 Å². The average molecular weight is 352 g/mol. The smallest absolute Gasteiger partial charge is 0.250 e. The molecule has 0 saturated carbocycles. The summed E-state index contributed by atoms with van der Waals surface area (Å²) < 4.78 is 7.97. The van der Waals surface area contributed by atoms with Gasteiger partial charge in [-0.05, 0) is 50.8 Å². The van der Waals surface area contributed by atoms with Crippen LogP contribution in [0.25, 0.3) is 0 Å². The second-order valence-corrected chi connectivity index (χ2v) is 6.99. The number of aromatic nitrogens is 3. The molecular weight excluding hydrogens is 328 g/mol. The summed E-state index contributed by atoms with van der Waals surface area (Å²) >= 11 is 0. The van der Waals surface area contributed by atoms with Gasteiger partial charge in [0.1, 0.15) is 12.4 Å². The quantitative estimate of drug-likeness (QED) is 0.849. The number of amides is 1. The normalized spacial score (nSPS) is 19.7. The zero-order valence-electron chi connectivity index (χ0n) is 15.1. The molecule has 0 fully saturated rings. The van der Waals surface area contributed by atoms with Gasteiger partial charge in [-0.1, -0.05) is 6.08 Å². The molecule has 0 unspecified atom stereocenters. The van der Waals surface area contributed by atoms with Crippen molar-refractivity contribution < 1.29 is 9.53 Å². The lowest BCUT2D eigenvalue weighted by Gasteiger charge is -2.30. The number of carbonyl (C=O) groups is 1. The first-order valence-electron chi connectivity index (χ1n) is 9.27. The molecule has 2 aliphatic rings. The van der Waals surface area contributed by atoms with Gasteiger partial charge in [0.05, 0.1) is 24.5 Å². The molecular formula is C20H24N4O2. The van der Waals surface area contributed by atoms with Gasteiger partial charge in [0, 0.05) is 24.0 Å². The molecule has 4 rings (SSSR count). The van der Waals surface area contributed by atoms with Crippen LogP contribution in [-0.2, 0) is 17.9 Å². The largest absolute Gasteiger partial charge is 0.490 e. The van der Waals surface area contributed by atoms with Crippen LogP contribution in [0.15, 0.2) is 42.2 Å². The van der Waals surface area contributed by atoms with E-state index >= 15 is 0 Å². The minimum atomic E-state index is 0.0204. The Labute approximate surface area is 153 Å². The predicted molar refractivity (Wildman–Crippen MR) is 97.6 cm³/mol. The Bertz CT molecular complexity index is 809. The monoisotopic (exact) mass is 352 g/mol. The van der Waals surface area contributed by atoms with Crippen LogP contribution >= 0.6 is 0 Å². The standard InChI is InChI=1S/C20H24N4O2/c1-15-6-7-19(12-21-15)26-14-18-9-11-24-17(8-10-22-24)13-23(18)20(25)16-4-2-3-5-16/h4,6-8,10,12,18H,2-3,5,9,11,13-14H2,1H3/t18-/m0/s1. The molecule has 1 amide bonds. The molecule has 6 nitrogen and oxygen atoms in total. The van der Waals surface area contributed by atoms with Crippen molar-refractivity contribution in [2.24, 2.45) is 0 Å². The van der Waals surface area contributed by atoms with Gasteiger partial charge in [-0.2, -0.15) is 5.10 Å². The van der Waals surface area contributed by atoms with Crippen molar-refractivity contribution in [3.8, 4) is 5.75 Å². The van der Waals surface area contributed by atoms with E-state index in [4.69, 9.17) is 4.74 Å². The first kappa shape index (κ1) is 16.8.